The van der Waals surface area contributed by atoms with E-state index in [1.54, 1.807) is 31.3 Å². The molecule has 2 rings (SSSR count). The molecule has 1 aromatic carbocycles. The molecule has 92 valence electrons. The van der Waals surface area contributed by atoms with Gasteiger partial charge in [-0.05, 0) is 24.3 Å². The Hall–Kier alpha value is -2.26. The Morgan fingerprint density at radius 1 is 1.39 bits per heavy atom. The number of aryl methyl sites for hydroxylation is 1. The number of hydrogen-bond donors (Lipinski definition) is 1. The van der Waals surface area contributed by atoms with Crippen LogP contribution in [-0.4, -0.2) is 18.2 Å². The first-order chi connectivity index (χ1) is 8.53. The number of nitrogens with one attached hydrogen (secondary N) is 1. The zero-order chi connectivity index (χ0) is 13.2. The van der Waals surface area contributed by atoms with Gasteiger partial charge in [0.05, 0.1) is 11.9 Å². The maximum absolute atomic E-state index is 12.1. The van der Waals surface area contributed by atoms with E-state index in [0.29, 0.717) is 11.3 Å². The lowest BCUT2D eigenvalue weighted by atomic mass is 10.2. The number of sulfonamides is 1. The number of aromatic nitrogens is 2. The van der Waals surface area contributed by atoms with E-state index in [0.717, 1.165) is 0 Å². The number of benzene rings is 1. The summed E-state index contributed by atoms with van der Waals surface area (Å²) in [5.41, 5.74) is 1.03. The molecule has 1 N–H and O–H groups in total. The van der Waals surface area contributed by atoms with Gasteiger partial charge in [0.1, 0.15) is 0 Å². The quantitative estimate of drug-likeness (QED) is 0.844. The predicted molar refractivity (Wildman–Crippen MR) is 68.4 cm³/mol. The van der Waals surface area contributed by atoms with Crippen LogP contribution in [0, 0.1) is 12.3 Å². The third-order valence-corrected chi connectivity index (χ3v) is 3.79. The first-order valence-corrected chi connectivity index (χ1v) is 6.59. The second kappa shape index (κ2) is 4.55. The highest BCUT2D eigenvalue weighted by Crippen LogP contribution is 2.16. The van der Waals surface area contributed by atoms with Crippen LogP contribution < -0.4 is 4.72 Å². The van der Waals surface area contributed by atoms with Crippen molar-refractivity contribution in [3.05, 3.63) is 42.1 Å². The smallest absolute Gasteiger partial charge is 0.278 e. The molecule has 6 heteroatoms. The number of terminal acetylenes is 1. The lowest BCUT2D eigenvalue weighted by molar-refractivity contribution is 0.582. The van der Waals surface area contributed by atoms with Gasteiger partial charge in [0.25, 0.3) is 10.0 Å². The van der Waals surface area contributed by atoms with Crippen molar-refractivity contribution in [2.45, 2.75) is 5.03 Å². The topological polar surface area (TPSA) is 64.0 Å². The fraction of sp³-hybridized carbons (Fsp3) is 0.0833. The van der Waals surface area contributed by atoms with Crippen molar-refractivity contribution in [2.75, 3.05) is 4.72 Å². The third kappa shape index (κ3) is 2.36. The Morgan fingerprint density at radius 2 is 2.17 bits per heavy atom. The average Bonchev–Trinajstić information content (AvgIpc) is 2.76. The largest absolute Gasteiger partial charge is 0.279 e. The van der Waals surface area contributed by atoms with Crippen molar-refractivity contribution in [1.29, 1.82) is 0 Å². The fourth-order valence-corrected chi connectivity index (χ4v) is 2.68. The lowest BCUT2D eigenvalue weighted by Gasteiger charge is -2.08. The molecule has 0 fully saturated rings. The summed E-state index contributed by atoms with van der Waals surface area (Å²) in [5.74, 6) is 2.45. The van der Waals surface area contributed by atoms with Crippen molar-refractivity contribution in [3.8, 4) is 12.3 Å². The van der Waals surface area contributed by atoms with E-state index in [1.807, 2.05) is 0 Å². The Morgan fingerprint density at radius 3 is 2.78 bits per heavy atom. The molecule has 1 aromatic heterocycles. The molecule has 0 spiro atoms. The lowest BCUT2D eigenvalue weighted by Crippen LogP contribution is -2.16. The van der Waals surface area contributed by atoms with Gasteiger partial charge < -0.3 is 0 Å². The van der Waals surface area contributed by atoms with Gasteiger partial charge in [-0.2, -0.15) is 13.5 Å². The van der Waals surface area contributed by atoms with Crippen LogP contribution in [0.5, 0.6) is 0 Å². The SMILES string of the molecule is C#Cc1cccc(NS(=O)(=O)c2ccnn2C)c1. The molecular formula is C12H11N3O2S. The summed E-state index contributed by atoms with van der Waals surface area (Å²) in [6.07, 6.45) is 6.68. The van der Waals surface area contributed by atoms with Gasteiger partial charge in [0, 0.05) is 12.6 Å². The highest BCUT2D eigenvalue weighted by molar-refractivity contribution is 7.92. The summed E-state index contributed by atoms with van der Waals surface area (Å²) in [6, 6.07) is 8.06. The van der Waals surface area contributed by atoms with Crippen LogP contribution in [0.1, 0.15) is 5.56 Å². The van der Waals surface area contributed by atoms with E-state index in [9.17, 15) is 8.42 Å². The third-order valence-electron chi connectivity index (χ3n) is 2.33. The zero-order valence-electron chi connectivity index (χ0n) is 9.66. The highest BCUT2D eigenvalue weighted by atomic mass is 32.2. The Balaban J connectivity index is 2.34. The van der Waals surface area contributed by atoms with Crippen LogP contribution >= 0.6 is 0 Å². The second-order valence-electron chi connectivity index (χ2n) is 3.62. The normalized spacial score (nSPS) is 10.9. The standard InChI is InChI=1S/C12H11N3O2S/c1-3-10-5-4-6-11(9-10)14-18(16,17)12-7-8-13-15(12)2/h1,4-9,14H,2H3. The predicted octanol–water partition coefficient (Wildman–Crippen LogP) is 1.20. The van der Waals surface area contributed by atoms with Crippen LogP contribution in [-0.2, 0) is 17.1 Å². The molecule has 0 aliphatic heterocycles. The summed E-state index contributed by atoms with van der Waals surface area (Å²) in [4.78, 5) is 0. The van der Waals surface area contributed by atoms with Crippen LogP contribution in [0.15, 0.2) is 41.6 Å². The van der Waals surface area contributed by atoms with E-state index >= 15 is 0 Å². The van der Waals surface area contributed by atoms with Crippen molar-refractivity contribution >= 4 is 15.7 Å². The van der Waals surface area contributed by atoms with Gasteiger partial charge >= 0.3 is 0 Å². The minimum absolute atomic E-state index is 0.0913. The number of hydrogen-bond acceptors (Lipinski definition) is 3. The maximum atomic E-state index is 12.1. The minimum atomic E-state index is -3.64. The summed E-state index contributed by atoms with van der Waals surface area (Å²) >= 11 is 0. The molecule has 0 atom stereocenters. The van der Waals surface area contributed by atoms with E-state index in [1.165, 1.54) is 16.9 Å². The fourth-order valence-electron chi connectivity index (χ4n) is 1.51. The van der Waals surface area contributed by atoms with Crippen LogP contribution in [0.3, 0.4) is 0 Å². The van der Waals surface area contributed by atoms with Gasteiger partial charge in [-0.1, -0.05) is 12.0 Å². The number of nitrogens with zero attached hydrogens (tertiary/aromatic N) is 2. The van der Waals surface area contributed by atoms with E-state index in [2.05, 4.69) is 15.7 Å². The van der Waals surface area contributed by atoms with Crippen molar-refractivity contribution in [1.82, 2.24) is 9.78 Å². The molecule has 0 radical (unpaired) electrons. The van der Waals surface area contributed by atoms with E-state index < -0.39 is 10.0 Å². The molecule has 0 amide bonds. The Labute approximate surface area is 106 Å². The number of anilines is 1. The summed E-state index contributed by atoms with van der Waals surface area (Å²) in [7, 11) is -2.08. The van der Waals surface area contributed by atoms with Crippen LogP contribution in [0.4, 0.5) is 5.69 Å². The molecule has 0 aliphatic carbocycles. The van der Waals surface area contributed by atoms with Crippen LogP contribution in [0.25, 0.3) is 0 Å². The van der Waals surface area contributed by atoms with E-state index in [4.69, 9.17) is 6.42 Å². The molecule has 0 bridgehead atoms. The Bertz CT molecular complexity index is 711. The van der Waals surface area contributed by atoms with Gasteiger partial charge in [-0.15, -0.1) is 6.42 Å². The van der Waals surface area contributed by atoms with Gasteiger partial charge in [0.2, 0.25) is 0 Å². The monoisotopic (exact) mass is 261 g/mol. The van der Waals surface area contributed by atoms with Gasteiger partial charge in [-0.25, -0.2) is 0 Å². The van der Waals surface area contributed by atoms with Crippen molar-refractivity contribution < 1.29 is 8.42 Å². The molecule has 0 unspecified atom stereocenters. The minimum Gasteiger partial charge on any atom is -0.278 e. The molecular weight excluding hydrogens is 250 g/mol. The van der Waals surface area contributed by atoms with Crippen molar-refractivity contribution in [2.24, 2.45) is 7.05 Å². The first-order valence-electron chi connectivity index (χ1n) is 5.10. The molecule has 1 heterocycles. The second-order valence-corrected chi connectivity index (χ2v) is 5.25. The van der Waals surface area contributed by atoms with Gasteiger partial charge in [-0.3, -0.25) is 9.40 Å². The zero-order valence-corrected chi connectivity index (χ0v) is 10.5. The summed E-state index contributed by atoms with van der Waals surface area (Å²) in [5, 5.41) is 3.91. The molecule has 5 nitrogen and oxygen atoms in total. The van der Waals surface area contributed by atoms with E-state index in [-0.39, 0.29) is 5.03 Å². The Kier molecular flexibility index (Phi) is 3.08. The van der Waals surface area contributed by atoms with Crippen molar-refractivity contribution in [3.63, 3.8) is 0 Å². The summed E-state index contributed by atoms with van der Waals surface area (Å²) < 4.78 is 27.9. The molecule has 18 heavy (non-hydrogen) atoms. The maximum Gasteiger partial charge on any atom is 0.279 e. The van der Waals surface area contributed by atoms with Gasteiger partial charge in [0.15, 0.2) is 5.03 Å². The highest BCUT2D eigenvalue weighted by Gasteiger charge is 2.17. The number of rotatable bonds is 3. The summed E-state index contributed by atoms with van der Waals surface area (Å²) in [6.45, 7) is 0. The average molecular weight is 261 g/mol. The molecule has 2 aromatic rings. The van der Waals surface area contributed by atoms with Crippen LogP contribution in [0.2, 0.25) is 0 Å². The molecule has 0 saturated carbocycles. The molecule has 0 aliphatic rings. The molecule has 0 saturated heterocycles. The first kappa shape index (κ1) is 12.2.